The van der Waals surface area contributed by atoms with Gasteiger partial charge in [-0.05, 0) is 37.6 Å². The van der Waals surface area contributed by atoms with Crippen molar-refractivity contribution in [3.05, 3.63) is 29.3 Å². The van der Waals surface area contributed by atoms with E-state index in [1.54, 1.807) is 18.2 Å². The Bertz CT molecular complexity index is 329. The molecule has 0 radical (unpaired) electrons. The predicted molar refractivity (Wildman–Crippen MR) is 57.5 cm³/mol. The standard InChI is InChI=1S/C11H15NO3/c1-3-14-7-15-11(13)9-4-8(2)5-10(12)6-9/h4-6H,3,7,12H2,1-2H3. The molecule has 0 fully saturated rings. The summed E-state index contributed by atoms with van der Waals surface area (Å²) in [5.74, 6) is -0.418. The van der Waals surface area contributed by atoms with E-state index in [1.165, 1.54) is 0 Å². The number of rotatable bonds is 4. The van der Waals surface area contributed by atoms with E-state index in [0.29, 0.717) is 17.9 Å². The molecule has 0 aromatic heterocycles. The van der Waals surface area contributed by atoms with Crippen molar-refractivity contribution in [2.75, 3.05) is 19.1 Å². The number of aryl methyl sites for hydroxylation is 1. The molecule has 0 bridgehead atoms. The van der Waals surface area contributed by atoms with Gasteiger partial charge < -0.3 is 15.2 Å². The van der Waals surface area contributed by atoms with Gasteiger partial charge in [0.25, 0.3) is 0 Å². The number of anilines is 1. The summed E-state index contributed by atoms with van der Waals surface area (Å²) >= 11 is 0. The molecule has 15 heavy (non-hydrogen) atoms. The van der Waals surface area contributed by atoms with Crippen LogP contribution in [0.5, 0.6) is 0 Å². The zero-order chi connectivity index (χ0) is 11.3. The summed E-state index contributed by atoms with van der Waals surface area (Å²) in [6, 6.07) is 5.10. The minimum Gasteiger partial charge on any atom is -0.435 e. The van der Waals surface area contributed by atoms with Crippen molar-refractivity contribution in [1.29, 1.82) is 0 Å². The van der Waals surface area contributed by atoms with Crippen LogP contribution in [0.4, 0.5) is 5.69 Å². The van der Waals surface area contributed by atoms with Crippen LogP contribution in [0.15, 0.2) is 18.2 Å². The minimum atomic E-state index is -0.418. The molecule has 1 rings (SSSR count). The van der Waals surface area contributed by atoms with Crippen LogP contribution in [0, 0.1) is 6.92 Å². The van der Waals surface area contributed by atoms with Gasteiger partial charge in [-0.3, -0.25) is 0 Å². The molecular formula is C11H15NO3. The predicted octanol–water partition coefficient (Wildman–Crippen LogP) is 1.73. The van der Waals surface area contributed by atoms with E-state index in [4.69, 9.17) is 15.2 Å². The molecule has 1 aromatic carbocycles. The second-order valence-electron chi connectivity index (χ2n) is 3.17. The maximum absolute atomic E-state index is 11.5. The summed E-state index contributed by atoms with van der Waals surface area (Å²) < 4.78 is 9.77. The van der Waals surface area contributed by atoms with E-state index in [0.717, 1.165) is 5.56 Å². The zero-order valence-electron chi connectivity index (χ0n) is 8.95. The lowest BCUT2D eigenvalue weighted by molar-refractivity contribution is -0.0274. The number of esters is 1. The Morgan fingerprint density at radius 1 is 1.40 bits per heavy atom. The summed E-state index contributed by atoms with van der Waals surface area (Å²) in [5.41, 5.74) is 7.55. The van der Waals surface area contributed by atoms with Crippen molar-refractivity contribution in [1.82, 2.24) is 0 Å². The molecule has 0 aliphatic carbocycles. The highest BCUT2D eigenvalue weighted by Crippen LogP contribution is 2.12. The van der Waals surface area contributed by atoms with Crippen LogP contribution in [0.3, 0.4) is 0 Å². The Morgan fingerprint density at radius 2 is 2.13 bits per heavy atom. The maximum Gasteiger partial charge on any atom is 0.340 e. The lowest BCUT2D eigenvalue weighted by atomic mass is 10.1. The number of hydrogen-bond acceptors (Lipinski definition) is 4. The Labute approximate surface area is 89.0 Å². The fraction of sp³-hybridized carbons (Fsp3) is 0.364. The van der Waals surface area contributed by atoms with Gasteiger partial charge in [-0.1, -0.05) is 0 Å². The van der Waals surface area contributed by atoms with Crippen molar-refractivity contribution in [2.24, 2.45) is 0 Å². The molecule has 0 heterocycles. The van der Waals surface area contributed by atoms with Gasteiger partial charge in [0.15, 0.2) is 6.79 Å². The number of ether oxygens (including phenoxy) is 2. The van der Waals surface area contributed by atoms with Gasteiger partial charge >= 0.3 is 5.97 Å². The fourth-order valence-corrected chi connectivity index (χ4v) is 1.19. The van der Waals surface area contributed by atoms with Crippen LogP contribution in [0.2, 0.25) is 0 Å². The van der Waals surface area contributed by atoms with Gasteiger partial charge in [0.05, 0.1) is 5.56 Å². The summed E-state index contributed by atoms with van der Waals surface area (Å²) in [7, 11) is 0. The molecule has 0 unspecified atom stereocenters. The quantitative estimate of drug-likeness (QED) is 0.355. The number of nitrogens with two attached hydrogens (primary N) is 1. The van der Waals surface area contributed by atoms with Crippen LogP contribution in [0.1, 0.15) is 22.8 Å². The third kappa shape index (κ3) is 3.59. The maximum atomic E-state index is 11.5. The average molecular weight is 209 g/mol. The summed E-state index contributed by atoms with van der Waals surface area (Å²) in [5, 5.41) is 0. The van der Waals surface area contributed by atoms with Gasteiger partial charge in [0, 0.05) is 12.3 Å². The molecular weight excluding hydrogens is 194 g/mol. The van der Waals surface area contributed by atoms with Crippen LogP contribution in [0.25, 0.3) is 0 Å². The van der Waals surface area contributed by atoms with Gasteiger partial charge in [-0.15, -0.1) is 0 Å². The monoisotopic (exact) mass is 209 g/mol. The lowest BCUT2D eigenvalue weighted by Crippen LogP contribution is -2.09. The Hall–Kier alpha value is -1.55. The van der Waals surface area contributed by atoms with Gasteiger partial charge in [-0.2, -0.15) is 0 Å². The number of hydrogen-bond donors (Lipinski definition) is 1. The second-order valence-corrected chi connectivity index (χ2v) is 3.17. The SMILES string of the molecule is CCOCOC(=O)c1cc(C)cc(N)c1. The van der Waals surface area contributed by atoms with Crippen molar-refractivity contribution in [2.45, 2.75) is 13.8 Å². The van der Waals surface area contributed by atoms with E-state index in [2.05, 4.69) is 0 Å². The number of carbonyl (C=O) groups is 1. The molecule has 2 N–H and O–H groups in total. The molecule has 0 saturated heterocycles. The molecule has 0 aliphatic rings. The molecule has 1 aromatic rings. The summed E-state index contributed by atoms with van der Waals surface area (Å²) in [4.78, 5) is 11.5. The van der Waals surface area contributed by atoms with Crippen molar-refractivity contribution in [3.63, 3.8) is 0 Å². The molecule has 4 heteroatoms. The van der Waals surface area contributed by atoms with Crippen molar-refractivity contribution >= 4 is 11.7 Å². The van der Waals surface area contributed by atoms with Crippen LogP contribution in [-0.4, -0.2) is 19.4 Å². The molecule has 82 valence electrons. The van der Waals surface area contributed by atoms with Crippen LogP contribution >= 0.6 is 0 Å². The first kappa shape index (κ1) is 11.5. The first-order valence-corrected chi connectivity index (χ1v) is 4.75. The largest absolute Gasteiger partial charge is 0.435 e. The van der Waals surface area contributed by atoms with E-state index in [-0.39, 0.29) is 6.79 Å². The van der Waals surface area contributed by atoms with Gasteiger partial charge in [0.2, 0.25) is 0 Å². The summed E-state index contributed by atoms with van der Waals surface area (Å²) in [6.45, 7) is 4.20. The second kappa shape index (κ2) is 5.36. The average Bonchev–Trinajstić information content (AvgIpc) is 2.16. The Balaban J connectivity index is 2.65. The van der Waals surface area contributed by atoms with Crippen molar-refractivity contribution in [3.8, 4) is 0 Å². The molecule has 0 aliphatic heterocycles. The van der Waals surface area contributed by atoms with E-state index in [1.807, 2.05) is 13.8 Å². The highest BCUT2D eigenvalue weighted by molar-refractivity contribution is 5.90. The molecule has 4 nitrogen and oxygen atoms in total. The lowest BCUT2D eigenvalue weighted by Gasteiger charge is -2.06. The smallest absolute Gasteiger partial charge is 0.340 e. The molecule has 0 saturated carbocycles. The van der Waals surface area contributed by atoms with Crippen molar-refractivity contribution < 1.29 is 14.3 Å². The Kier molecular flexibility index (Phi) is 4.12. The van der Waals surface area contributed by atoms with E-state index in [9.17, 15) is 4.79 Å². The molecule has 0 spiro atoms. The number of carbonyl (C=O) groups excluding carboxylic acids is 1. The minimum absolute atomic E-state index is 0.0246. The van der Waals surface area contributed by atoms with Crippen LogP contribution < -0.4 is 5.73 Å². The first-order valence-electron chi connectivity index (χ1n) is 4.75. The van der Waals surface area contributed by atoms with Crippen LogP contribution in [-0.2, 0) is 9.47 Å². The highest BCUT2D eigenvalue weighted by Gasteiger charge is 2.07. The third-order valence-electron chi connectivity index (χ3n) is 1.81. The Morgan fingerprint density at radius 3 is 2.73 bits per heavy atom. The fourth-order valence-electron chi connectivity index (χ4n) is 1.19. The normalized spacial score (nSPS) is 10.0. The number of nitrogen functional groups attached to an aromatic ring is 1. The highest BCUT2D eigenvalue weighted by atomic mass is 16.7. The third-order valence-corrected chi connectivity index (χ3v) is 1.81. The van der Waals surface area contributed by atoms with E-state index >= 15 is 0 Å². The molecule has 0 atom stereocenters. The van der Waals surface area contributed by atoms with E-state index < -0.39 is 5.97 Å². The topological polar surface area (TPSA) is 61.5 Å². The van der Waals surface area contributed by atoms with Gasteiger partial charge in [0.1, 0.15) is 0 Å². The molecule has 0 amide bonds. The summed E-state index contributed by atoms with van der Waals surface area (Å²) in [6.07, 6.45) is 0. The number of benzene rings is 1. The first-order chi connectivity index (χ1) is 7.13. The van der Waals surface area contributed by atoms with Gasteiger partial charge in [-0.25, -0.2) is 4.79 Å². The zero-order valence-corrected chi connectivity index (χ0v) is 8.95.